The van der Waals surface area contributed by atoms with Crippen molar-refractivity contribution in [2.24, 2.45) is 0 Å². The van der Waals surface area contributed by atoms with Crippen LogP contribution < -0.4 is 10.1 Å². The first-order chi connectivity index (χ1) is 11.8. The highest BCUT2D eigenvalue weighted by Gasteiger charge is 2.20. The van der Waals surface area contributed by atoms with E-state index in [0.29, 0.717) is 11.3 Å². The van der Waals surface area contributed by atoms with Gasteiger partial charge in [0.25, 0.3) is 0 Å². The van der Waals surface area contributed by atoms with Crippen LogP contribution in [-0.4, -0.2) is 22.6 Å². The van der Waals surface area contributed by atoms with Gasteiger partial charge in [0.05, 0.1) is 5.56 Å². The summed E-state index contributed by atoms with van der Waals surface area (Å²) in [6.07, 6.45) is 1.89. The normalized spacial score (nSPS) is 13.0. The second-order valence-corrected chi connectivity index (χ2v) is 5.67. The molecule has 0 radical (unpaired) electrons. The Labute approximate surface area is 139 Å². The Hall–Kier alpha value is -3.08. The average Bonchev–Trinajstić information content (AvgIpc) is 3.02. The van der Waals surface area contributed by atoms with Gasteiger partial charge in [-0.05, 0) is 42.8 Å². The van der Waals surface area contributed by atoms with Crippen molar-refractivity contribution < 1.29 is 9.53 Å². The molecule has 0 unspecified atom stereocenters. The molecule has 0 atom stereocenters. The van der Waals surface area contributed by atoms with Gasteiger partial charge in [-0.2, -0.15) is 5.10 Å². The van der Waals surface area contributed by atoms with Crippen LogP contribution in [0, 0.1) is 0 Å². The molecule has 24 heavy (non-hydrogen) atoms. The minimum Gasteiger partial charge on any atom is -0.457 e. The molecular weight excluding hydrogens is 302 g/mol. The fourth-order valence-corrected chi connectivity index (χ4v) is 2.89. The highest BCUT2D eigenvalue weighted by Crippen LogP contribution is 2.31. The van der Waals surface area contributed by atoms with Gasteiger partial charge in [-0.15, -0.1) is 0 Å². The number of nitrogens with one attached hydrogen (secondary N) is 1. The van der Waals surface area contributed by atoms with E-state index in [2.05, 4.69) is 10.4 Å². The highest BCUT2D eigenvalue weighted by atomic mass is 16.5. The Morgan fingerprint density at radius 2 is 1.79 bits per heavy atom. The fraction of sp³-hybridized carbons (Fsp3) is 0.158. The smallest absolute Gasteiger partial charge is 0.156 e. The third-order valence-corrected chi connectivity index (χ3v) is 4.05. The molecule has 120 valence electrons. The van der Waals surface area contributed by atoms with Crippen molar-refractivity contribution in [3.63, 3.8) is 0 Å². The van der Waals surface area contributed by atoms with E-state index < -0.39 is 0 Å². The maximum atomic E-state index is 11.5. The number of carbonyl (C=O) groups is 1. The Morgan fingerprint density at radius 1 is 1.04 bits per heavy atom. The molecule has 2 heterocycles. The summed E-state index contributed by atoms with van der Waals surface area (Å²) in [4.78, 5) is 11.5. The van der Waals surface area contributed by atoms with Gasteiger partial charge in [0.1, 0.15) is 23.0 Å². The van der Waals surface area contributed by atoms with Crippen molar-refractivity contribution in [3.8, 4) is 22.8 Å². The molecule has 0 saturated carbocycles. The number of aryl methyl sites for hydroxylation is 1. The van der Waals surface area contributed by atoms with Gasteiger partial charge >= 0.3 is 0 Å². The summed E-state index contributed by atoms with van der Waals surface area (Å²) in [6.45, 7) is 1.70. The van der Waals surface area contributed by atoms with Crippen LogP contribution in [0.4, 0.5) is 5.82 Å². The van der Waals surface area contributed by atoms with Crippen molar-refractivity contribution in [1.82, 2.24) is 9.78 Å². The zero-order valence-corrected chi connectivity index (χ0v) is 13.1. The number of rotatable bonds is 4. The van der Waals surface area contributed by atoms with Crippen molar-refractivity contribution in [2.75, 3.05) is 11.9 Å². The van der Waals surface area contributed by atoms with Crippen LogP contribution >= 0.6 is 0 Å². The standard InChI is InChI=1S/C19H17N3O2/c23-13-17-18(21-22-12-4-11-20-19(17)22)14-7-9-16(10-8-14)24-15-5-2-1-3-6-15/h1-3,5-10,13,20H,4,11-12H2. The van der Waals surface area contributed by atoms with Crippen LogP contribution in [0.15, 0.2) is 54.6 Å². The topological polar surface area (TPSA) is 56.1 Å². The van der Waals surface area contributed by atoms with E-state index in [1.807, 2.05) is 59.3 Å². The second-order valence-electron chi connectivity index (χ2n) is 5.67. The lowest BCUT2D eigenvalue weighted by Gasteiger charge is -2.15. The molecule has 1 aliphatic heterocycles. The Bertz CT molecular complexity index is 854. The molecule has 0 bridgehead atoms. The molecule has 0 amide bonds. The van der Waals surface area contributed by atoms with Crippen LogP contribution in [-0.2, 0) is 6.54 Å². The van der Waals surface area contributed by atoms with Gasteiger partial charge < -0.3 is 10.1 Å². The molecule has 0 spiro atoms. The lowest BCUT2D eigenvalue weighted by atomic mass is 10.1. The molecule has 0 saturated heterocycles. The van der Waals surface area contributed by atoms with Gasteiger partial charge in [-0.1, -0.05) is 18.2 Å². The van der Waals surface area contributed by atoms with Gasteiger partial charge in [0.2, 0.25) is 0 Å². The molecule has 0 fully saturated rings. The number of hydrogen-bond acceptors (Lipinski definition) is 4. The summed E-state index contributed by atoms with van der Waals surface area (Å²) in [6, 6.07) is 17.3. The number of ether oxygens (including phenoxy) is 1. The number of hydrogen-bond donors (Lipinski definition) is 1. The lowest BCUT2D eigenvalue weighted by Crippen LogP contribution is -2.18. The monoisotopic (exact) mass is 319 g/mol. The van der Waals surface area contributed by atoms with Crippen LogP contribution in [0.25, 0.3) is 11.3 Å². The number of anilines is 1. The fourth-order valence-electron chi connectivity index (χ4n) is 2.89. The summed E-state index contributed by atoms with van der Waals surface area (Å²) in [5.41, 5.74) is 2.23. The molecule has 1 N–H and O–H groups in total. The Balaban J connectivity index is 1.63. The SMILES string of the molecule is O=Cc1c(-c2ccc(Oc3ccccc3)cc2)nn2c1NCCC2. The molecule has 1 aromatic heterocycles. The van der Waals surface area contributed by atoms with Gasteiger partial charge in [-0.25, -0.2) is 4.68 Å². The number of carbonyl (C=O) groups excluding carboxylic acids is 1. The van der Waals surface area contributed by atoms with Crippen LogP contribution in [0.2, 0.25) is 0 Å². The van der Waals surface area contributed by atoms with Crippen molar-refractivity contribution >= 4 is 12.1 Å². The van der Waals surface area contributed by atoms with E-state index in [-0.39, 0.29) is 0 Å². The molecule has 3 aromatic rings. The molecule has 5 heteroatoms. The Morgan fingerprint density at radius 3 is 2.54 bits per heavy atom. The van der Waals surface area contributed by atoms with E-state index in [1.54, 1.807) is 0 Å². The van der Waals surface area contributed by atoms with Gasteiger partial charge in [0, 0.05) is 18.7 Å². The summed E-state index contributed by atoms with van der Waals surface area (Å²) >= 11 is 0. The maximum absolute atomic E-state index is 11.5. The number of aromatic nitrogens is 2. The molecule has 1 aliphatic rings. The number of nitrogens with zero attached hydrogens (tertiary/aromatic N) is 2. The van der Waals surface area contributed by atoms with E-state index in [4.69, 9.17) is 4.74 Å². The first-order valence-electron chi connectivity index (χ1n) is 7.98. The van der Waals surface area contributed by atoms with Gasteiger partial charge in [0.15, 0.2) is 6.29 Å². The summed E-state index contributed by atoms with van der Waals surface area (Å²) < 4.78 is 7.67. The van der Waals surface area contributed by atoms with E-state index >= 15 is 0 Å². The van der Waals surface area contributed by atoms with Crippen LogP contribution in [0.5, 0.6) is 11.5 Å². The molecule has 4 rings (SSSR count). The quantitative estimate of drug-likeness (QED) is 0.739. The minimum absolute atomic E-state index is 0.617. The van der Waals surface area contributed by atoms with E-state index in [0.717, 1.165) is 48.7 Å². The maximum Gasteiger partial charge on any atom is 0.156 e. The number of aldehydes is 1. The molecule has 0 aliphatic carbocycles. The van der Waals surface area contributed by atoms with Gasteiger partial charge in [-0.3, -0.25) is 4.79 Å². The summed E-state index contributed by atoms with van der Waals surface area (Å²) in [5.74, 6) is 2.36. The lowest BCUT2D eigenvalue weighted by molar-refractivity contribution is 0.112. The third kappa shape index (κ3) is 2.65. The number of benzene rings is 2. The predicted octanol–water partition coefficient (Wildman–Crippen LogP) is 3.97. The van der Waals surface area contributed by atoms with E-state index in [1.165, 1.54) is 0 Å². The van der Waals surface area contributed by atoms with Crippen molar-refractivity contribution in [1.29, 1.82) is 0 Å². The highest BCUT2D eigenvalue weighted by molar-refractivity contribution is 5.92. The zero-order chi connectivity index (χ0) is 16.4. The molecular formula is C19H17N3O2. The number of fused-ring (bicyclic) bond motifs is 1. The van der Waals surface area contributed by atoms with E-state index in [9.17, 15) is 4.79 Å². The minimum atomic E-state index is 0.617. The number of para-hydroxylation sites is 1. The summed E-state index contributed by atoms with van der Waals surface area (Å²) in [5, 5.41) is 7.85. The summed E-state index contributed by atoms with van der Waals surface area (Å²) in [7, 11) is 0. The third-order valence-electron chi connectivity index (χ3n) is 4.05. The second kappa shape index (κ2) is 6.20. The largest absolute Gasteiger partial charge is 0.457 e. The predicted molar refractivity (Wildman–Crippen MR) is 92.7 cm³/mol. The first-order valence-corrected chi connectivity index (χ1v) is 7.98. The Kier molecular flexibility index (Phi) is 3.75. The van der Waals surface area contributed by atoms with Crippen LogP contribution in [0.3, 0.4) is 0 Å². The van der Waals surface area contributed by atoms with Crippen LogP contribution in [0.1, 0.15) is 16.8 Å². The van der Waals surface area contributed by atoms with Crippen molar-refractivity contribution in [3.05, 3.63) is 60.2 Å². The molecule has 5 nitrogen and oxygen atoms in total. The average molecular weight is 319 g/mol. The molecule has 2 aromatic carbocycles. The first kappa shape index (κ1) is 14.5. The van der Waals surface area contributed by atoms with Crippen molar-refractivity contribution in [2.45, 2.75) is 13.0 Å². The zero-order valence-electron chi connectivity index (χ0n) is 13.1.